The summed E-state index contributed by atoms with van der Waals surface area (Å²) in [5, 5.41) is 12.4. The second-order valence-electron chi connectivity index (χ2n) is 10.6. The monoisotopic (exact) mass is 455 g/mol. The van der Waals surface area contributed by atoms with E-state index in [9.17, 15) is 9.90 Å². The highest BCUT2D eigenvalue weighted by atomic mass is 28.4. The molecule has 0 aromatic heterocycles. The number of ether oxygens (including phenoxy) is 1. The number of aliphatic hydroxyl groups is 1. The summed E-state index contributed by atoms with van der Waals surface area (Å²) in [7, 11) is -2.77. The van der Waals surface area contributed by atoms with Crippen molar-refractivity contribution in [2.24, 2.45) is 5.92 Å². The number of carbonyl (C=O) groups excluding carboxylic acids is 1. The third kappa shape index (κ3) is 5.08. The average Bonchev–Trinajstić information content (AvgIpc) is 3.14. The van der Waals surface area contributed by atoms with Crippen molar-refractivity contribution in [3.63, 3.8) is 0 Å². The van der Waals surface area contributed by atoms with Gasteiger partial charge in [0, 0.05) is 19.0 Å². The molecule has 1 aliphatic rings. The van der Waals surface area contributed by atoms with Crippen molar-refractivity contribution in [1.29, 1.82) is 0 Å². The zero-order valence-corrected chi connectivity index (χ0v) is 21.2. The summed E-state index contributed by atoms with van der Waals surface area (Å²) in [6.07, 6.45) is -0.636. The first-order valence-corrected chi connectivity index (χ1v) is 13.3. The Balaban J connectivity index is 2.02. The van der Waals surface area contributed by atoms with Crippen molar-refractivity contribution in [1.82, 2.24) is 4.90 Å². The smallest absolute Gasteiger partial charge is 0.410 e. The lowest BCUT2D eigenvalue weighted by molar-refractivity contribution is 0.0272. The molecule has 2 atom stereocenters. The van der Waals surface area contributed by atoms with Crippen molar-refractivity contribution in [3.8, 4) is 0 Å². The Morgan fingerprint density at radius 1 is 0.938 bits per heavy atom. The second kappa shape index (κ2) is 9.38. The van der Waals surface area contributed by atoms with Crippen LogP contribution < -0.4 is 10.4 Å². The minimum Gasteiger partial charge on any atom is -0.444 e. The molecule has 2 aromatic rings. The molecule has 1 heterocycles. The molecule has 1 amide bonds. The topological polar surface area (TPSA) is 59.0 Å². The fraction of sp³-hybridized carbons (Fsp3) is 0.500. The maximum atomic E-state index is 12.7. The normalized spacial score (nSPS) is 19.8. The molecule has 0 bridgehead atoms. The fourth-order valence-electron chi connectivity index (χ4n) is 4.54. The van der Waals surface area contributed by atoms with Crippen LogP contribution in [0.3, 0.4) is 0 Å². The van der Waals surface area contributed by atoms with Gasteiger partial charge in [-0.15, -0.1) is 0 Å². The minimum absolute atomic E-state index is 0.0395. The van der Waals surface area contributed by atoms with Gasteiger partial charge in [-0.25, -0.2) is 4.79 Å². The van der Waals surface area contributed by atoms with Gasteiger partial charge in [-0.1, -0.05) is 81.4 Å². The third-order valence-electron chi connectivity index (χ3n) is 6.01. The van der Waals surface area contributed by atoms with Gasteiger partial charge in [-0.3, -0.25) is 0 Å². The molecule has 1 fully saturated rings. The number of rotatable bonds is 5. The average molecular weight is 456 g/mol. The van der Waals surface area contributed by atoms with E-state index >= 15 is 0 Å². The number of hydrogen-bond acceptors (Lipinski definition) is 4. The van der Waals surface area contributed by atoms with Crippen LogP contribution in [0.2, 0.25) is 5.04 Å². The van der Waals surface area contributed by atoms with Gasteiger partial charge in [-0.2, -0.15) is 0 Å². The summed E-state index contributed by atoms with van der Waals surface area (Å²) in [6, 6.07) is 20.9. The number of aliphatic hydroxyl groups excluding tert-OH is 1. The first kappa shape index (κ1) is 24.5. The van der Waals surface area contributed by atoms with Gasteiger partial charge in [0.25, 0.3) is 8.32 Å². The number of likely N-dealkylation sites (tertiary alicyclic amines) is 1. The highest BCUT2D eigenvalue weighted by Gasteiger charge is 2.53. The van der Waals surface area contributed by atoms with E-state index in [0.717, 1.165) is 0 Å². The lowest BCUT2D eigenvalue weighted by Gasteiger charge is -2.45. The van der Waals surface area contributed by atoms with Gasteiger partial charge in [0.15, 0.2) is 0 Å². The summed E-state index contributed by atoms with van der Waals surface area (Å²) < 4.78 is 12.8. The number of amides is 1. The maximum absolute atomic E-state index is 12.7. The molecule has 0 radical (unpaired) electrons. The zero-order chi connectivity index (χ0) is 23.6. The van der Waals surface area contributed by atoms with Crippen LogP contribution in [0.5, 0.6) is 0 Å². The van der Waals surface area contributed by atoms with Crippen LogP contribution in [0.25, 0.3) is 0 Å². The Labute approximate surface area is 193 Å². The van der Waals surface area contributed by atoms with Crippen molar-refractivity contribution < 1.29 is 19.1 Å². The molecule has 2 unspecified atom stereocenters. The molecule has 174 valence electrons. The maximum Gasteiger partial charge on any atom is 0.410 e. The molecular weight excluding hydrogens is 418 g/mol. The number of nitrogens with zero attached hydrogens (tertiary/aromatic N) is 1. The summed E-state index contributed by atoms with van der Waals surface area (Å²) in [6.45, 7) is 13.1. The van der Waals surface area contributed by atoms with E-state index in [0.29, 0.717) is 13.1 Å². The molecular formula is C26H37NO4Si. The van der Waals surface area contributed by atoms with Gasteiger partial charge in [0.05, 0.1) is 12.7 Å². The molecule has 2 aromatic carbocycles. The molecule has 6 heteroatoms. The van der Waals surface area contributed by atoms with Crippen molar-refractivity contribution in [2.45, 2.75) is 58.3 Å². The van der Waals surface area contributed by atoms with Crippen LogP contribution in [0.15, 0.2) is 60.7 Å². The quantitative estimate of drug-likeness (QED) is 0.697. The summed E-state index contributed by atoms with van der Waals surface area (Å²) in [5.74, 6) is -0.163. The van der Waals surface area contributed by atoms with Gasteiger partial charge >= 0.3 is 6.09 Å². The van der Waals surface area contributed by atoms with E-state index in [-0.39, 0.29) is 29.8 Å². The van der Waals surface area contributed by atoms with E-state index < -0.39 is 13.9 Å². The molecule has 32 heavy (non-hydrogen) atoms. The molecule has 3 rings (SSSR count). The molecule has 0 aliphatic carbocycles. The van der Waals surface area contributed by atoms with Crippen molar-refractivity contribution >= 4 is 24.8 Å². The number of hydrogen-bond donors (Lipinski definition) is 1. The highest BCUT2D eigenvalue weighted by Crippen LogP contribution is 2.39. The summed E-state index contributed by atoms with van der Waals surface area (Å²) in [5.41, 5.74) is -0.567. The Bertz CT molecular complexity index is 850. The Kier molecular flexibility index (Phi) is 7.17. The Morgan fingerprint density at radius 2 is 1.44 bits per heavy atom. The Morgan fingerprint density at radius 3 is 1.84 bits per heavy atom. The third-order valence-corrected chi connectivity index (χ3v) is 11.1. The molecule has 0 saturated carbocycles. The molecule has 1 saturated heterocycles. The van der Waals surface area contributed by atoms with Crippen molar-refractivity contribution in [2.75, 3.05) is 19.7 Å². The van der Waals surface area contributed by atoms with E-state index in [1.807, 2.05) is 32.9 Å². The van der Waals surface area contributed by atoms with Crippen LogP contribution >= 0.6 is 0 Å². The van der Waals surface area contributed by atoms with E-state index in [1.54, 1.807) is 4.90 Å². The first-order valence-electron chi connectivity index (χ1n) is 11.4. The van der Waals surface area contributed by atoms with Crippen LogP contribution in [0, 0.1) is 5.92 Å². The van der Waals surface area contributed by atoms with Crippen molar-refractivity contribution in [3.05, 3.63) is 60.7 Å². The molecule has 1 N–H and O–H groups in total. The van der Waals surface area contributed by atoms with Crippen LogP contribution in [0.4, 0.5) is 4.79 Å². The van der Waals surface area contributed by atoms with Crippen LogP contribution in [-0.4, -0.2) is 55.8 Å². The van der Waals surface area contributed by atoms with Gasteiger partial charge in [0.1, 0.15) is 5.60 Å². The fourth-order valence-corrected chi connectivity index (χ4v) is 9.28. The molecule has 0 spiro atoms. The lowest BCUT2D eigenvalue weighted by Crippen LogP contribution is -2.68. The summed E-state index contributed by atoms with van der Waals surface area (Å²) in [4.78, 5) is 14.4. The second-order valence-corrected chi connectivity index (χ2v) is 14.9. The summed E-state index contributed by atoms with van der Waals surface area (Å²) >= 11 is 0. The lowest BCUT2D eigenvalue weighted by atomic mass is 10.1. The van der Waals surface area contributed by atoms with Gasteiger partial charge in [-0.05, 0) is 36.2 Å². The van der Waals surface area contributed by atoms with Crippen LogP contribution in [-0.2, 0) is 9.16 Å². The van der Waals surface area contributed by atoms with Gasteiger partial charge in [0.2, 0.25) is 0 Å². The predicted molar refractivity (Wildman–Crippen MR) is 131 cm³/mol. The van der Waals surface area contributed by atoms with E-state index in [2.05, 4.69) is 69.3 Å². The van der Waals surface area contributed by atoms with Crippen LogP contribution in [0.1, 0.15) is 41.5 Å². The number of benzene rings is 2. The SMILES string of the molecule is CC(C)(C)OC(=O)N1CC(CO)C(O[Si](c2ccccc2)(c2ccccc2)C(C)(C)C)C1. The van der Waals surface area contributed by atoms with Gasteiger partial charge < -0.3 is 19.2 Å². The molecule has 5 nitrogen and oxygen atoms in total. The molecule has 1 aliphatic heterocycles. The standard InChI is InChI=1S/C26H37NO4Si/c1-25(2,3)30-24(29)27-17-20(19-28)23(18-27)31-32(26(4,5)6,21-13-9-7-10-14-21)22-15-11-8-12-16-22/h7-16,20,23,28H,17-19H2,1-6H3. The first-order chi connectivity index (χ1) is 15.0. The largest absolute Gasteiger partial charge is 0.444 e. The number of carbonyl (C=O) groups is 1. The predicted octanol–water partition coefficient (Wildman–Crippen LogP) is 3.79. The minimum atomic E-state index is -2.77. The zero-order valence-electron chi connectivity index (χ0n) is 20.2. The van der Waals surface area contributed by atoms with E-state index in [4.69, 9.17) is 9.16 Å². The highest BCUT2D eigenvalue weighted by molar-refractivity contribution is 6.99. The van der Waals surface area contributed by atoms with E-state index in [1.165, 1.54) is 10.4 Å². The Hall–Kier alpha value is -2.15.